The quantitative estimate of drug-likeness (QED) is 0.713. The van der Waals surface area contributed by atoms with E-state index in [4.69, 9.17) is 9.47 Å². The van der Waals surface area contributed by atoms with Crippen LogP contribution in [0.25, 0.3) is 0 Å². The number of cyclic esters (lactones) is 1. The second-order valence-corrected chi connectivity index (χ2v) is 9.84. The molecule has 0 radical (unpaired) electrons. The molecule has 3 rings (SSSR count). The Morgan fingerprint density at radius 2 is 1.93 bits per heavy atom. The molecule has 6 atom stereocenters. The molecular weight excluding hydrogens is 344 g/mol. The van der Waals surface area contributed by atoms with Crippen molar-refractivity contribution < 1.29 is 24.5 Å². The second-order valence-electron chi connectivity index (χ2n) is 9.84. The van der Waals surface area contributed by atoms with E-state index in [0.29, 0.717) is 24.5 Å². The van der Waals surface area contributed by atoms with E-state index in [0.717, 1.165) is 32.1 Å². The molecule has 0 saturated heterocycles. The summed E-state index contributed by atoms with van der Waals surface area (Å²) in [6, 6.07) is 0. The lowest BCUT2D eigenvalue weighted by Crippen LogP contribution is -2.60. The molecule has 0 spiro atoms. The van der Waals surface area contributed by atoms with Crippen LogP contribution in [0.15, 0.2) is 11.6 Å². The molecule has 2 N–H and O–H groups in total. The number of rotatable bonds is 5. The van der Waals surface area contributed by atoms with Crippen molar-refractivity contribution in [2.45, 2.75) is 91.1 Å². The zero-order valence-corrected chi connectivity index (χ0v) is 17.5. The Morgan fingerprint density at radius 1 is 1.22 bits per heavy atom. The minimum absolute atomic E-state index is 0.0487. The number of carbonyl (C=O) groups excluding carboxylic acids is 1. The summed E-state index contributed by atoms with van der Waals surface area (Å²) in [6.07, 6.45) is 5.59. The van der Waals surface area contributed by atoms with E-state index >= 15 is 0 Å². The van der Waals surface area contributed by atoms with Gasteiger partial charge in [0.05, 0.1) is 11.7 Å². The number of esters is 1. The number of aliphatic hydroxyl groups is 2. The Morgan fingerprint density at radius 3 is 2.59 bits per heavy atom. The molecule has 154 valence electrons. The van der Waals surface area contributed by atoms with E-state index in [1.165, 1.54) is 0 Å². The molecule has 0 amide bonds. The second kappa shape index (κ2) is 7.16. The molecule has 0 aromatic carbocycles. The van der Waals surface area contributed by atoms with Gasteiger partial charge in [0.15, 0.2) is 0 Å². The summed E-state index contributed by atoms with van der Waals surface area (Å²) in [7, 11) is 0. The molecule has 2 aliphatic carbocycles. The van der Waals surface area contributed by atoms with Gasteiger partial charge in [0.25, 0.3) is 0 Å². The Labute approximate surface area is 163 Å². The van der Waals surface area contributed by atoms with Gasteiger partial charge < -0.3 is 19.7 Å². The minimum Gasteiger partial charge on any atom is -0.429 e. The molecule has 1 aliphatic heterocycles. The highest BCUT2D eigenvalue weighted by molar-refractivity contribution is 5.90. The minimum atomic E-state index is -0.758. The SMILES string of the molecule is CCOC1C=C(CCC2C(C)(O)CCC3C(C)(C)C(O)CCC23C)C(=O)O1. The number of fused-ring (bicyclic) bond motifs is 1. The van der Waals surface area contributed by atoms with Crippen molar-refractivity contribution >= 4 is 5.97 Å². The van der Waals surface area contributed by atoms with Gasteiger partial charge in [-0.2, -0.15) is 0 Å². The highest BCUT2D eigenvalue weighted by atomic mass is 16.7. The third-order valence-corrected chi connectivity index (χ3v) is 7.85. The first kappa shape index (κ1) is 20.8. The Kier molecular flexibility index (Phi) is 5.52. The van der Waals surface area contributed by atoms with Gasteiger partial charge in [-0.1, -0.05) is 20.8 Å². The zero-order chi connectivity index (χ0) is 20.0. The maximum absolute atomic E-state index is 12.1. The van der Waals surface area contributed by atoms with E-state index < -0.39 is 11.9 Å². The van der Waals surface area contributed by atoms with Crippen molar-refractivity contribution in [3.05, 3.63) is 11.6 Å². The van der Waals surface area contributed by atoms with Gasteiger partial charge in [-0.05, 0) is 81.1 Å². The lowest BCUT2D eigenvalue weighted by Gasteiger charge is -2.62. The maximum Gasteiger partial charge on any atom is 0.336 e. The average Bonchev–Trinajstić information content (AvgIpc) is 2.90. The first-order chi connectivity index (χ1) is 12.5. The standard InChI is InChI=1S/C22H36O5/c1-6-26-18-13-14(19(24)27-18)7-8-16-21(4)11-10-17(23)20(2,3)15(21)9-12-22(16,5)25/h13,15-18,23,25H,6-12H2,1-5H3. The molecule has 3 aliphatic rings. The molecule has 1 heterocycles. The molecule has 5 heteroatoms. The first-order valence-corrected chi connectivity index (χ1v) is 10.5. The van der Waals surface area contributed by atoms with Crippen LogP contribution in [0.2, 0.25) is 0 Å². The fraction of sp³-hybridized carbons (Fsp3) is 0.864. The van der Waals surface area contributed by atoms with E-state index in [1.54, 1.807) is 6.08 Å². The Hall–Kier alpha value is -0.910. The van der Waals surface area contributed by atoms with Crippen molar-refractivity contribution in [3.8, 4) is 0 Å². The van der Waals surface area contributed by atoms with Crippen LogP contribution in [-0.2, 0) is 14.3 Å². The van der Waals surface area contributed by atoms with Crippen LogP contribution in [0.4, 0.5) is 0 Å². The van der Waals surface area contributed by atoms with Gasteiger partial charge in [-0.25, -0.2) is 4.79 Å². The third-order valence-electron chi connectivity index (χ3n) is 7.85. The summed E-state index contributed by atoms with van der Waals surface area (Å²) in [5, 5.41) is 21.8. The molecule has 0 aromatic rings. The summed E-state index contributed by atoms with van der Waals surface area (Å²) < 4.78 is 10.6. The van der Waals surface area contributed by atoms with Crippen LogP contribution in [0, 0.1) is 22.7 Å². The number of aliphatic hydroxyl groups excluding tert-OH is 1. The van der Waals surface area contributed by atoms with E-state index in [2.05, 4.69) is 20.8 Å². The molecule has 5 nitrogen and oxygen atoms in total. The van der Waals surface area contributed by atoms with Crippen LogP contribution >= 0.6 is 0 Å². The molecule has 6 unspecified atom stereocenters. The van der Waals surface area contributed by atoms with Crippen molar-refractivity contribution in [1.29, 1.82) is 0 Å². The Bertz CT molecular complexity index is 608. The third kappa shape index (κ3) is 3.58. The lowest BCUT2D eigenvalue weighted by molar-refractivity contribution is -0.195. The van der Waals surface area contributed by atoms with E-state index in [9.17, 15) is 15.0 Å². The van der Waals surface area contributed by atoms with Crippen molar-refractivity contribution in [1.82, 2.24) is 0 Å². The fourth-order valence-corrected chi connectivity index (χ4v) is 6.34. The zero-order valence-electron chi connectivity index (χ0n) is 17.5. The van der Waals surface area contributed by atoms with Gasteiger partial charge in [0.1, 0.15) is 0 Å². The van der Waals surface area contributed by atoms with Gasteiger partial charge in [0.2, 0.25) is 6.29 Å². The van der Waals surface area contributed by atoms with E-state index in [1.807, 2.05) is 13.8 Å². The van der Waals surface area contributed by atoms with Crippen LogP contribution in [0.1, 0.15) is 73.1 Å². The number of carbonyl (C=O) groups is 1. The van der Waals surface area contributed by atoms with Crippen LogP contribution in [0.3, 0.4) is 0 Å². The largest absolute Gasteiger partial charge is 0.429 e. The van der Waals surface area contributed by atoms with Gasteiger partial charge in [0, 0.05) is 12.2 Å². The van der Waals surface area contributed by atoms with Crippen LogP contribution < -0.4 is 0 Å². The lowest BCUT2D eigenvalue weighted by atomic mass is 9.44. The average molecular weight is 381 g/mol. The highest BCUT2D eigenvalue weighted by Gasteiger charge is 2.59. The molecule has 2 fully saturated rings. The van der Waals surface area contributed by atoms with E-state index in [-0.39, 0.29) is 28.8 Å². The van der Waals surface area contributed by atoms with Crippen molar-refractivity contribution in [2.75, 3.05) is 6.61 Å². The molecular formula is C22H36O5. The van der Waals surface area contributed by atoms with Crippen LogP contribution in [-0.4, -0.2) is 40.8 Å². The number of hydrogen-bond acceptors (Lipinski definition) is 5. The number of ether oxygens (including phenoxy) is 2. The monoisotopic (exact) mass is 380 g/mol. The molecule has 27 heavy (non-hydrogen) atoms. The highest BCUT2D eigenvalue weighted by Crippen LogP contribution is 2.63. The van der Waals surface area contributed by atoms with Gasteiger partial charge in [-0.15, -0.1) is 0 Å². The summed E-state index contributed by atoms with van der Waals surface area (Å²) in [5.74, 6) is 0.139. The normalized spacial score (nSPS) is 43.8. The summed E-state index contributed by atoms with van der Waals surface area (Å²) in [4.78, 5) is 12.1. The smallest absolute Gasteiger partial charge is 0.336 e. The number of hydrogen-bond donors (Lipinski definition) is 2. The molecule has 0 bridgehead atoms. The maximum atomic E-state index is 12.1. The fourth-order valence-electron chi connectivity index (χ4n) is 6.34. The summed E-state index contributed by atoms with van der Waals surface area (Å²) in [6.45, 7) is 10.9. The van der Waals surface area contributed by atoms with Gasteiger partial charge in [-0.3, -0.25) is 0 Å². The first-order valence-electron chi connectivity index (χ1n) is 10.5. The molecule has 0 aromatic heterocycles. The summed E-state index contributed by atoms with van der Waals surface area (Å²) >= 11 is 0. The molecule has 2 saturated carbocycles. The van der Waals surface area contributed by atoms with Crippen molar-refractivity contribution in [2.24, 2.45) is 22.7 Å². The van der Waals surface area contributed by atoms with Crippen molar-refractivity contribution in [3.63, 3.8) is 0 Å². The predicted molar refractivity (Wildman–Crippen MR) is 103 cm³/mol. The van der Waals surface area contributed by atoms with Gasteiger partial charge >= 0.3 is 5.97 Å². The topological polar surface area (TPSA) is 76.0 Å². The van der Waals surface area contributed by atoms with Crippen LogP contribution in [0.5, 0.6) is 0 Å². The predicted octanol–water partition coefficient (Wildman–Crippen LogP) is 3.58. The Balaban J connectivity index is 1.80. The summed E-state index contributed by atoms with van der Waals surface area (Å²) in [5.41, 5.74) is -0.309.